The number of methoxy groups -OCH3 is 1. The maximum absolute atomic E-state index is 6.14. The van der Waals surface area contributed by atoms with Crippen molar-refractivity contribution in [1.82, 2.24) is 0 Å². The lowest BCUT2D eigenvalue weighted by molar-refractivity contribution is 0.0638. The van der Waals surface area contributed by atoms with E-state index in [1.807, 2.05) is 12.1 Å². The van der Waals surface area contributed by atoms with E-state index in [4.69, 9.17) is 15.2 Å². The Labute approximate surface area is 95.9 Å². The third-order valence-corrected chi connectivity index (χ3v) is 2.96. The zero-order chi connectivity index (χ0) is 11.5. The molecule has 3 nitrogen and oxygen atoms in total. The Bertz CT molecular complexity index is 390. The van der Waals surface area contributed by atoms with Crippen LogP contribution < -0.4 is 10.5 Å². The summed E-state index contributed by atoms with van der Waals surface area (Å²) < 4.78 is 10.8. The van der Waals surface area contributed by atoms with Gasteiger partial charge in [-0.1, -0.05) is 12.1 Å². The van der Waals surface area contributed by atoms with Crippen LogP contribution in [0, 0.1) is 0 Å². The Balaban J connectivity index is 2.17. The van der Waals surface area contributed by atoms with Gasteiger partial charge in [-0.25, -0.2) is 0 Å². The topological polar surface area (TPSA) is 44.5 Å². The fourth-order valence-corrected chi connectivity index (χ4v) is 2.09. The first-order valence-corrected chi connectivity index (χ1v) is 5.41. The third-order valence-electron chi connectivity index (χ3n) is 2.96. The molecular formula is C13H17NO2. The number of hydrogen-bond acceptors (Lipinski definition) is 3. The highest BCUT2D eigenvalue weighted by Gasteiger charge is 2.30. The van der Waals surface area contributed by atoms with Gasteiger partial charge in [0.1, 0.15) is 5.75 Å². The van der Waals surface area contributed by atoms with Crippen molar-refractivity contribution in [3.63, 3.8) is 0 Å². The van der Waals surface area contributed by atoms with Crippen LogP contribution in [0.1, 0.15) is 17.2 Å². The fourth-order valence-electron chi connectivity index (χ4n) is 2.09. The summed E-state index contributed by atoms with van der Waals surface area (Å²) in [7, 11) is 1.66. The van der Waals surface area contributed by atoms with Crippen LogP contribution >= 0.6 is 0 Å². The average molecular weight is 219 g/mol. The van der Waals surface area contributed by atoms with Gasteiger partial charge in [-0.2, -0.15) is 0 Å². The van der Waals surface area contributed by atoms with Crippen molar-refractivity contribution in [3.05, 3.63) is 42.0 Å². The number of benzene rings is 1. The van der Waals surface area contributed by atoms with E-state index in [0.29, 0.717) is 6.61 Å². The Morgan fingerprint density at radius 2 is 2.38 bits per heavy atom. The van der Waals surface area contributed by atoms with Crippen LogP contribution in [0.15, 0.2) is 30.9 Å². The Morgan fingerprint density at radius 1 is 1.56 bits per heavy atom. The standard InChI is InChI=1S/C13H17NO2/c1-3-6-16-12-7-9-4-5-10(15-2)8-11(9)13(12)14/h3-5,8,12-13H,1,6-7,14H2,2H3/t12-,13+/m0/s1. The van der Waals surface area contributed by atoms with Crippen molar-refractivity contribution in [3.8, 4) is 5.75 Å². The first-order valence-electron chi connectivity index (χ1n) is 5.41. The van der Waals surface area contributed by atoms with Gasteiger partial charge in [0.05, 0.1) is 25.9 Å². The molecule has 3 heteroatoms. The second-order valence-corrected chi connectivity index (χ2v) is 3.96. The van der Waals surface area contributed by atoms with E-state index in [-0.39, 0.29) is 12.1 Å². The molecule has 0 spiro atoms. The van der Waals surface area contributed by atoms with Crippen molar-refractivity contribution < 1.29 is 9.47 Å². The molecule has 16 heavy (non-hydrogen) atoms. The van der Waals surface area contributed by atoms with E-state index < -0.39 is 0 Å². The van der Waals surface area contributed by atoms with Gasteiger partial charge in [-0.15, -0.1) is 6.58 Å². The molecule has 1 aliphatic rings. The molecule has 2 rings (SSSR count). The van der Waals surface area contributed by atoms with Crippen LogP contribution in [0.5, 0.6) is 5.75 Å². The average Bonchev–Trinajstić information content (AvgIpc) is 2.63. The summed E-state index contributed by atoms with van der Waals surface area (Å²) in [6.45, 7) is 4.18. The molecule has 0 saturated carbocycles. The highest BCUT2D eigenvalue weighted by atomic mass is 16.5. The quantitative estimate of drug-likeness (QED) is 0.786. The van der Waals surface area contributed by atoms with Gasteiger partial charge in [0.25, 0.3) is 0 Å². The molecule has 0 saturated heterocycles. The minimum absolute atomic E-state index is 0.0557. The minimum Gasteiger partial charge on any atom is -0.497 e. The predicted octanol–water partition coefficient (Wildman–Crippen LogP) is 1.82. The number of fused-ring (bicyclic) bond motifs is 1. The van der Waals surface area contributed by atoms with E-state index in [2.05, 4.69) is 12.6 Å². The summed E-state index contributed by atoms with van der Waals surface area (Å²) in [6, 6.07) is 5.95. The fraction of sp³-hybridized carbons (Fsp3) is 0.385. The summed E-state index contributed by atoms with van der Waals surface area (Å²) in [6.07, 6.45) is 2.67. The molecule has 0 heterocycles. The number of nitrogens with two attached hydrogens (primary N) is 1. The van der Waals surface area contributed by atoms with E-state index >= 15 is 0 Å². The third kappa shape index (κ3) is 1.96. The number of rotatable bonds is 4. The SMILES string of the molecule is C=CCO[C@H]1Cc2ccc(OC)cc2[C@H]1N. The van der Waals surface area contributed by atoms with Gasteiger partial charge >= 0.3 is 0 Å². The lowest BCUT2D eigenvalue weighted by Gasteiger charge is -2.15. The van der Waals surface area contributed by atoms with Crippen molar-refractivity contribution in [1.29, 1.82) is 0 Å². The molecule has 0 aliphatic heterocycles. The van der Waals surface area contributed by atoms with Gasteiger partial charge in [0.2, 0.25) is 0 Å². The summed E-state index contributed by atoms with van der Waals surface area (Å²) in [5, 5.41) is 0. The molecule has 1 aromatic rings. The van der Waals surface area contributed by atoms with Crippen LogP contribution in [-0.4, -0.2) is 19.8 Å². The smallest absolute Gasteiger partial charge is 0.119 e. The first kappa shape index (κ1) is 11.2. The van der Waals surface area contributed by atoms with E-state index in [9.17, 15) is 0 Å². The van der Waals surface area contributed by atoms with E-state index in [1.54, 1.807) is 13.2 Å². The molecule has 0 unspecified atom stereocenters. The highest BCUT2D eigenvalue weighted by Crippen LogP contribution is 2.33. The second-order valence-electron chi connectivity index (χ2n) is 3.96. The summed E-state index contributed by atoms with van der Waals surface area (Å²) >= 11 is 0. The van der Waals surface area contributed by atoms with Gasteiger partial charge in [-0.05, 0) is 23.3 Å². The maximum Gasteiger partial charge on any atom is 0.119 e. The van der Waals surface area contributed by atoms with Crippen LogP contribution in [0.2, 0.25) is 0 Å². The first-order chi connectivity index (χ1) is 7.76. The predicted molar refractivity (Wildman–Crippen MR) is 63.6 cm³/mol. The lowest BCUT2D eigenvalue weighted by Crippen LogP contribution is -2.25. The largest absolute Gasteiger partial charge is 0.497 e. The molecule has 2 N–H and O–H groups in total. The molecule has 1 aromatic carbocycles. The normalized spacial score (nSPS) is 22.9. The zero-order valence-corrected chi connectivity index (χ0v) is 9.48. The molecule has 0 radical (unpaired) electrons. The van der Waals surface area contributed by atoms with Gasteiger partial charge < -0.3 is 15.2 Å². The second kappa shape index (κ2) is 4.68. The zero-order valence-electron chi connectivity index (χ0n) is 9.48. The van der Waals surface area contributed by atoms with Crippen molar-refractivity contribution >= 4 is 0 Å². The van der Waals surface area contributed by atoms with Crippen LogP contribution in [0.4, 0.5) is 0 Å². The molecule has 0 bridgehead atoms. The molecular weight excluding hydrogens is 202 g/mol. The molecule has 1 aliphatic carbocycles. The molecule has 86 valence electrons. The summed E-state index contributed by atoms with van der Waals surface area (Å²) in [5.74, 6) is 0.846. The van der Waals surface area contributed by atoms with Crippen LogP contribution in [-0.2, 0) is 11.2 Å². The van der Waals surface area contributed by atoms with Gasteiger partial charge in [0, 0.05) is 6.42 Å². The van der Waals surface area contributed by atoms with E-state index in [0.717, 1.165) is 17.7 Å². The number of hydrogen-bond donors (Lipinski definition) is 1. The van der Waals surface area contributed by atoms with E-state index in [1.165, 1.54) is 5.56 Å². The molecule has 0 amide bonds. The van der Waals surface area contributed by atoms with Crippen LogP contribution in [0.3, 0.4) is 0 Å². The Morgan fingerprint density at radius 3 is 3.06 bits per heavy atom. The molecule has 0 aromatic heterocycles. The maximum atomic E-state index is 6.14. The number of ether oxygens (including phenoxy) is 2. The highest BCUT2D eigenvalue weighted by molar-refractivity contribution is 5.42. The minimum atomic E-state index is -0.0648. The molecule has 0 fully saturated rings. The monoisotopic (exact) mass is 219 g/mol. The van der Waals surface area contributed by atoms with Crippen LogP contribution in [0.25, 0.3) is 0 Å². The van der Waals surface area contributed by atoms with Crippen molar-refractivity contribution in [2.24, 2.45) is 5.73 Å². The van der Waals surface area contributed by atoms with Crippen molar-refractivity contribution in [2.45, 2.75) is 18.6 Å². The summed E-state index contributed by atoms with van der Waals surface area (Å²) in [4.78, 5) is 0. The van der Waals surface area contributed by atoms with Gasteiger partial charge in [0.15, 0.2) is 0 Å². The van der Waals surface area contributed by atoms with Crippen molar-refractivity contribution in [2.75, 3.05) is 13.7 Å². The Kier molecular flexibility index (Phi) is 3.27. The summed E-state index contributed by atoms with van der Waals surface area (Å²) in [5.41, 5.74) is 8.53. The Hall–Kier alpha value is -1.32. The van der Waals surface area contributed by atoms with Gasteiger partial charge in [-0.3, -0.25) is 0 Å². The molecule has 2 atom stereocenters. The lowest BCUT2D eigenvalue weighted by atomic mass is 10.1.